The number of pyridine rings is 1. The number of hydrogen-bond donors (Lipinski definition) is 0. The van der Waals surface area contributed by atoms with E-state index in [-0.39, 0.29) is 5.56 Å². The van der Waals surface area contributed by atoms with Crippen molar-refractivity contribution in [1.29, 1.82) is 0 Å². The molecular formula is C14H16N2O3. The minimum atomic E-state index is -0.439. The first-order chi connectivity index (χ1) is 9.22. The molecule has 0 saturated carbocycles. The Balaban J connectivity index is 2.17. The number of carbonyl (C=O) groups excluding carboxylic acids is 1. The van der Waals surface area contributed by atoms with Gasteiger partial charge in [-0.2, -0.15) is 0 Å². The van der Waals surface area contributed by atoms with Gasteiger partial charge < -0.3 is 9.40 Å². The lowest BCUT2D eigenvalue weighted by Gasteiger charge is -2.16. The molecule has 2 rings (SSSR count). The molecule has 0 aliphatic heterocycles. The second kappa shape index (κ2) is 6.04. The first-order valence-electron chi connectivity index (χ1n) is 6.24. The van der Waals surface area contributed by atoms with Crippen LogP contribution in [0.1, 0.15) is 25.8 Å². The van der Waals surface area contributed by atoms with Crippen molar-refractivity contribution < 1.29 is 9.63 Å². The first-order valence-corrected chi connectivity index (χ1v) is 6.24. The lowest BCUT2D eigenvalue weighted by molar-refractivity contribution is -0.149. The Labute approximate surface area is 111 Å². The molecule has 0 aromatic carbocycles. The maximum absolute atomic E-state index is 12.2. The molecule has 5 nitrogen and oxygen atoms in total. The van der Waals surface area contributed by atoms with Gasteiger partial charge in [0, 0.05) is 24.7 Å². The highest BCUT2D eigenvalue weighted by Crippen LogP contribution is 2.14. The van der Waals surface area contributed by atoms with Crippen molar-refractivity contribution in [3.8, 4) is 0 Å². The molecule has 2 aromatic heterocycles. The fourth-order valence-electron chi connectivity index (χ4n) is 1.86. The van der Waals surface area contributed by atoms with E-state index in [0.29, 0.717) is 6.42 Å². The Bertz CT molecular complexity index is 587. The van der Waals surface area contributed by atoms with Gasteiger partial charge in [0.15, 0.2) is 0 Å². The molecule has 1 atom stereocenters. The van der Waals surface area contributed by atoms with Gasteiger partial charge >= 0.3 is 5.97 Å². The van der Waals surface area contributed by atoms with Gasteiger partial charge in [0.2, 0.25) is 0 Å². The normalized spacial score (nSPS) is 12.1. The monoisotopic (exact) mass is 260 g/mol. The predicted octanol–water partition coefficient (Wildman–Crippen LogP) is 1.65. The quantitative estimate of drug-likeness (QED) is 0.821. The number of aromatic nitrogens is 2. The minimum Gasteiger partial charge on any atom is -0.340 e. The van der Waals surface area contributed by atoms with Crippen LogP contribution in [0, 0.1) is 0 Å². The third-order valence-corrected chi connectivity index (χ3v) is 2.80. The molecule has 0 aliphatic carbocycles. The van der Waals surface area contributed by atoms with E-state index in [1.807, 2.05) is 31.5 Å². The van der Waals surface area contributed by atoms with Crippen molar-refractivity contribution in [1.82, 2.24) is 9.30 Å². The summed E-state index contributed by atoms with van der Waals surface area (Å²) >= 11 is 0. The molecule has 100 valence electrons. The standard InChI is InChI=1S/C14H16N2O3/c1-2-7-12(15-9-5-6-10-15)14(18)19-16-11-4-3-8-13(16)17/h3-6,8-12H,2,7H2,1H3/t12-/m1/s1. The highest BCUT2D eigenvalue weighted by Gasteiger charge is 2.21. The zero-order valence-electron chi connectivity index (χ0n) is 10.7. The molecule has 19 heavy (non-hydrogen) atoms. The van der Waals surface area contributed by atoms with Crippen molar-refractivity contribution in [2.24, 2.45) is 0 Å². The molecule has 0 amide bonds. The van der Waals surface area contributed by atoms with Crippen LogP contribution < -0.4 is 10.4 Å². The van der Waals surface area contributed by atoms with Crippen LogP contribution in [0.5, 0.6) is 0 Å². The van der Waals surface area contributed by atoms with Crippen molar-refractivity contribution in [2.75, 3.05) is 0 Å². The zero-order valence-corrected chi connectivity index (χ0v) is 10.7. The van der Waals surface area contributed by atoms with Gasteiger partial charge in [0.25, 0.3) is 5.56 Å². The van der Waals surface area contributed by atoms with Crippen molar-refractivity contribution in [2.45, 2.75) is 25.8 Å². The predicted molar refractivity (Wildman–Crippen MR) is 70.7 cm³/mol. The summed E-state index contributed by atoms with van der Waals surface area (Å²) < 4.78 is 2.74. The Morgan fingerprint density at radius 3 is 2.53 bits per heavy atom. The summed E-state index contributed by atoms with van der Waals surface area (Å²) in [7, 11) is 0. The Hall–Kier alpha value is -2.30. The van der Waals surface area contributed by atoms with Crippen LogP contribution in [0.4, 0.5) is 0 Å². The lowest BCUT2D eigenvalue weighted by Crippen LogP contribution is -2.34. The van der Waals surface area contributed by atoms with Gasteiger partial charge in [0.1, 0.15) is 6.04 Å². The van der Waals surface area contributed by atoms with Crippen LogP contribution in [0.15, 0.2) is 53.7 Å². The lowest BCUT2D eigenvalue weighted by atomic mass is 10.2. The number of nitrogens with zero attached hydrogens (tertiary/aromatic N) is 2. The van der Waals surface area contributed by atoms with Gasteiger partial charge in [-0.25, -0.2) is 4.79 Å². The molecule has 2 aromatic rings. The molecule has 0 saturated heterocycles. The van der Waals surface area contributed by atoms with Crippen LogP contribution >= 0.6 is 0 Å². The fraction of sp³-hybridized carbons (Fsp3) is 0.286. The minimum absolute atomic E-state index is 0.362. The molecule has 0 radical (unpaired) electrons. The van der Waals surface area contributed by atoms with Gasteiger partial charge in [-0.05, 0) is 24.6 Å². The van der Waals surface area contributed by atoms with Gasteiger partial charge in [-0.15, -0.1) is 4.73 Å². The molecule has 2 heterocycles. The van der Waals surface area contributed by atoms with E-state index in [0.717, 1.165) is 11.2 Å². The third kappa shape index (κ3) is 3.13. The summed E-state index contributed by atoms with van der Waals surface area (Å²) in [6.07, 6.45) is 6.57. The van der Waals surface area contributed by atoms with Crippen LogP contribution in [0.25, 0.3) is 0 Å². The molecule has 0 N–H and O–H groups in total. The zero-order chi connectivity index (χ0) is 13.7. The van der Waals surface area contributed by atoms with Crippen molar-refractivity contribution in [3.05, 3.63) is 59.3 Å². The van der Waals surface area contributed by atoms with Gasteiger partial charge in [-0.1, -0.05) is 19.4 Å². The van der Waals surface area contributed by atoms with Crippen molar-refractivity contribution >= 4 is 5.97 Å². The van der Waals surface area contributed by atoms with E-state index in [1.165, 1.54) is 12.3 Å². The smallest absolute Gasteiger partial charge is 0.340 e. The van der Waals surface area contributed by atoms with E-state index in [4.69, 9.17) is 4.84 Å². The van der Waals surface area contributed by atoms with Crippen molar-refractivity contribution in [3.63, 3.8) is 0 Å². The van der Waals surface area contributed by atoms with E-state index in [9.17, 15) is 9.59 Å². The average Bonchev–Trinajstić information content (AvgIpc) is 2.92. The summed E-state index contributed by atoms with van der Waals surface area (Å²) in [6.45, 7) is 2.00. The summed E-state index contributed by atoms with van der Waals surface area (Å²) in [4.78, 5) is 28.8. The topological polar surface area (TPSA) is 53.2 Å². The van der Waals surface area contributed by atoms with Crippen LogP contribution in [0.3, 0.4) is 0 Å². The van der Waals surface area contributed by atoms with E-state index >= 15 is 0 Å². The SMILES string of the molecule is CCC[C@H](C(=O)On1ccccc1=O)n1cccc1. The highest BCUT2D eigenvalue weighted by atomic mass is 16.7. The third-order valence-electron chi connectivity index (χ3n) is 2.80. The largest absolute Gasteiger partial charge is 0.355 e. The molecule has 0 bridgehead atoms. The van der Waals surface area contributed by atoms with Gasteiger partial charge in [-0.3, -0.25) is 4.79 Å². The maximum atomic E-state index is 12.2. The van der Waals surface area contributed by atoms with E-state index < -0.39 is 12.0 Å². The molecule has 0 unspecified atom stereocenters. The molecule has 0 aliphatic rings. The molecule has 5 heteroatoms. The Morgan fingerprint density at radius 2 is 1.89 bits per heavy atom. The van der Waals surface area contributed by atoms with Gasteiger partial charge in [0.05, 0.1) is 0 Å². The van der Waals surface area contributed by atoms with E-state index in [1.54, 1.807) is 16.7 Å². The van der Waals surface area contributed by atoms with Crippen LogP contribution in [0.2, 0.25) is 0 Å². The maximum Gasteiger partial charge on any atom is 0.355 e. The second-order valence-electron chi connectivity index (χ2n) is 4.21. The number of hydrogen-bond acceptors (Lipinski definition) is 3. The Kier molecular flexibility index (Phi) is 4.18. The summed E-state index contributed by atoms with van der Waals surface area (Å²) in [5.41, 5.74) is -0.362. The number of carbonyl (C=O) groups is 1. The molecular weight excluding hydrogens is 244 g/mol. The van der Waals surface area contributed by atoms with Crippen LogP contribution in [-0.4, -0.2) is 15.3 Å². The summed E-state index contributed by atoms with van der Waals surface area (Å²) in [5, 5.41) is 0. The summed E-state index contributed by atoms with van der Waals surface area (Å²) in [6, 6.07) is 7.88. The fourth-order valence-corrected chi connectivity index (χ4v) is 1.86. The van der Waals surface area contributed by atoms with E-state index in [2.05, 4.69) is 0 Å². The highest BCUT2D eigenvalue weighted by molar-refractivity contribution is 5.74. The molecule has 0 spiro atoms. The average molecular weight is 260 g/mol. The number of rotatable bonds is 5. The van der Waals surface area contributed by atoms with Crippen LogP contribution in [-0.2, 0) is 4.79 Å². The first kappa shape index (κ1) is 13.1. The molecule has 0 fully saturated rings. The Morgan fingerprint density at radius 1 is 1.21 bits per heavy atom. The second-order valence-corrected chi connectivity index (χ2v) is 4.21. The summed E-state index contributed by atoms with van der Waals surface area (Å²) in [5.74, 6) is -0.439.